The summed E-state index contributed by atoms with van der Waals surface area (Å²) in [5.41, 5.74) is 0. The summed E-state index contributed by atoms with van der Waals surface area (Å²) in [4.78, 5) is 13.5. The number of likely N-dealkylation sites (N-methyl/N-ethyl adjacent to an activating group) is 1. The quantitative estimate of drug-likeness (QED) is 0.832. The molecule has 21 heavy (non-hydrogen) atoms. The molecule has 1 saturated heterocycles. The van der Waals surface area contributed by atoms with Gasteiger partial charge in [-0.15, -0.1) is 0 Å². The van der Waals surface area contributed by atoms with Crippen LogP contribution in [-0.2, 0) is 14.6 Å². The number of hydrogen-bond donors (Lipinski definition) is 0. The molecule has 0 bridgehead atoms. The summed E-state index contributed by atoms with van der Waals surface area (Å²) < 4.78 is 28.2. The van der Waals surface area contributed by atoms with E-state index in [-0.39, 0.29) is 30.1 Å². The molecule has 1 heterocycles. The van der Waals surface area contributed by atoms with Gasteiger partial charge in [-0.2, -0.15) is 0 Å². The highest BCUT2D eigenvalue weighted by Gasteiger charge is 2.32. The Morgan fingerprint density at radius 1 is 1.43 bits per heavy atom. The summed E-state index contributed by atoms with van der Waals surface area (Å²) in [6.07, 6.45) is 0.465. The number of carbonyl (C=O) groups is 1. The van der Waals surface area contributed by atoms with Gasteiger partial charge in [0.15, 0.2) is 16.4 Å². The Labute approximate surface area is 133 Å². The van der Waals surface area contributed by atoms with Crippen LogP contribution in [0.2, 0.25) is 10.0 Å². The lowest BCUT2D eigenvalue weighted by Crippen LogP contribution is -2.40. The number of ether oxygens (including phenoxy) is 1. The Kier molecular flexibility index (Phi) is 5.01. The van der Waals surface area contributed by atoms with Crippen LogP contribution in [-0.4, -0.2) is 50.4 Å². The minimum Gasteiger partial charge on any atom is -0.482 e. The van der Waals surface area contributed by atoms with Crippen molar-refractivity contribution in [1.82, 2.24) is 4.90 Å². The molecule has 0 radical (unpaired) electrons. The number of nitrogens with zero attached hydrogens (tertiary/aromatic N) is 1. The number of benzene rings is 1. The highest BCUT2D eigenvalue weighted by Crippen LogP contribution is 2.27. The highest BCUT2D eigenvalue weighted by atomic mass is 35.5. The van der Waals surface area contributed by atoms with Crippen molar-refractivity contribution in [1.29, 1.82) is 0 Å². The van der Waals surface area contributed by atoms with Crippen molar-refractivity contribution >= 4 is 38.9 Å². The zero-order valence-electron chi connectivity index (χ0n) is 11.4. The number of carbonyl (C=O) groups excluding carboxylic acids is 1. The van der Waals surface area contributed by atoms with Crippen molar-refractivity contribution in [2.75, 3.05) is 25.2 Å². The molecule has 1 aromatic rings. The standard InChI is InChI=1S/C13H15Cl2NO4S/c1-16(10-4-5-21(18,19)8-10)13(17)7-20-12-3-2-9(14)6-11(12)15/h2-3,6,10H,4-5,7-8H2,1H3/t10-/m0/s1. The molecule has 116 valence electrons. The van der Waals surface area contributed by atoms with E-state index in [4.69, 9.17) is 27.9 Å². The van der Waals surface area contributed by atoms with Crippen LogP contribution in [0.15, 0.2) is 18.2 Å². The number of sulfone groups is 1. The van der Waals surface area contributed by atoms with Gasteiger partial charge in [0.2, 0.25) is 0 Å². The average molecular weight is 352 g/mol. The van der Waals surface area contributed by atoms with E-state index < -0.39 is 9.84 Å². The van der Waals surface area contributed by atoms with Gasteiger partial charge in [-0.25, -0.2) is 8.42 Å². The molecule has 0 aliphatic carbocycles. The lowest BCUT2D eigenvalue weighted by atomic mass is 10.2. The molecule has 2 rings (SSSR count). The molecule has 1 atom stereocenters. The second-order valence-corrected chi connectivity index (χ2v) is 8.00. The lowest BCUT2D eigenvalue weighted by molar-refractivity contribution is -0.133. The van der Waals surface area contributed by atoms with E-state index in [1.165, 1.54) is 11.0 Å². The van der Waals surface area contributed by atoms with Gasteiger partial charge in [0.25, 0.3) is 5.91 Å². The molecule has 1 aromatic carbocycles. The molecule has 0 unspecified atom stereocenters. The van der Waals surface area contributed by atoms with E-state index in [9.17, 15) is 13.2 Å². The van der Waals surface area contributed by atoms with Gasteiger partial charge in [0.1, 0.15) is 5.75 Å². The van der Waals surface area contributed by atoms with Gasteiger partial charge in [-0.3, -0.25) is 4.79 Å². The second kappa shape index (κ2) is 6.42. The fourth-order valence-corrected chi connectivity index (χ4v) is 4.36. The van der Waals surface area contributed by atoms with E-state index in [1.807, 2.05) is 0 Å². The van der Waals surface area contributed by atoms with Gasteiger partial charge in [-0.05, 0) is 24.6 Å². The summed E-state index contributed by atoms with van der Waals surface area (Å²) in [5.74, 6) is 0.209. The number of halogens is 2. The predicted molar refractivity (Wildman–Crippen MR) is 81.8 cm³/mol. The maximum absolute atomic E-state index is 12.0. The van der Waals surface area contributed by atoms with Gasteiger partial charge < -0.3 is 9.64 Å². The molecule has 1 aliphatic heterocycles. The Morgan fingerprint density at radius 2 is 2.14 bits per heavy atom. The Hall–Kier alpha value is -0.980. The molecular formula is C13H15Cl2NO4S. The molecule has 1 fully saturated rings. The molecule has 0 N–H and O–H groups in total. The summed E-state index contributed by atoms with van der Waals surface area (Å²) >= 11 is 11.7. The fraction of sp³-hybridized carbons (Fsp3) is 0.462. The first kappa shape index (κ1) is 16.4. The Bertz CT molecular complexity index is 648. The van der Waals surface area contributed by atoms with Crippen molar-refractivity contribution in [3.63, 3.8) is 0 Å². The molecule has 0 spiro atoms. The van der Waals surface area contributed by atoms with Crippen LogP contribution in [0.5, 0.6) is 5.75 Å². The van der Waals surface area contributed by atoms with Crippen LogP contribution < -0.4 is 4.74 Å². The molecule has 0 aromatic heterocycles. The highest BCUT2D eigenvalue weighted by molar-refractivity contribution is 7.91. The maximum atomic E-state index is 12.0. The SMILES string of the molecule is CN(C(=O)COc1ccc(Cl)cc1Cl)[C@H]1CCS(=O)(=O)C1. The van der Waals surface area contributed by atoms with Crippen LogP contribution in [0.1, 0.15) is 6.42 Å². The van der Waals surface area contributed by atoms with Crippen LogP contribution in [0.3, 0.4) is 0 Å². The largest absolute Gasteiger partial charge is 0.482 e. The third kappa shape index (κ3) is 4.25. The van der Waals surface area contributed by atoms with Crippen LogP contribution in [0, 0.1) is 0 Å². The van der Waals surface area contributed by atoms with E-state index in [0.717, 1.165) is 0 Å². The molecular weight excluding hydrogens is 337 g/mol. The zero-order chi connectivity index (χ0) is 15.6. The summed E-state index contributed by atoms with van der Waals surface area (Å²) in [7, 11) is -1.44. The minimum absolute atomic E-state index is 0.0109. The van der Waals surface area contributed by atoms with Crippen molar-refractivity contribution in [2.24, 2.45) is 0 Å². The van der Waals surface area contributed by atoms with Crippen molar-refractivity contribution in [2.45, 2.75) is 12.5 Å². The van der Waals surface area contributed by atoms with Crippen molar-refractivity contribution in [3.05, 3.63) is 28.2 Å². The van der Waals surface area contributed by atoms with Crippen LogP contribution in [0.25, 0.3) is 0 Å². The van der Waals surface area contributed by atoms with E-state index >= 15 is 0 Å². The lowest BCUT2D eigenvalue weighted by Gasteiger charge is -2.23. The number of amides is 1. The third-order valence-electron chi connectivity index (χ3n) is 3.39. The van der Waals surface area contributed by atoms with Gasteiger partial charge >= 0.3 is 0 Å². The van der Waals surface area contributed by atoms with Crippen LogP contribution in [0.4, 0.5) is 0 Å². The van der Waals surface area contributed by atoms with Gasteiger partial charge in [-0.1, -0.05) is 23.2 Å². The number of hydrogen-bond acceptors (Lipinski definition) is 4. The first-order valence-electron chi connectivity index (χ1n) is 6.32. The minimum atomic E-state index is -3.02. The van der Waals surface area contributed by atoms with Crippen LogP contribution >= 0.6 is 23.2 Å². The van der Waals surface area contributed by atoms with E-state index in [2.05, 4.69) is 0 Å². The molecule has 1 amide bonds. The first-order valence-corrected chi connectivity index (χ1v) is 8.90. The number of rotatable bonds is 4. The Morgan fingerprint density at radius 3 is 2.71 bits per heavy atom. The average Bonchev–Trinajstić information content (AvgIpc) is 2.77. The summed E-state index contributed by atoms with van der Waals surface area (Å²) in [6, 6.07) is 4.43. The second-order valence-electron chi connectivity index (χ2n) is 4.92. The summed E-state index contributed by atoms with van der Waals surface area (Å²) in [5, 5.41) is 0.799. The van der Waals surface area contributed by atoms with Gasteiger partial charge in [0.05, 0.1) is 16.5 Å². The molecule has 0 saturated carbocycles. The fourth-order valence-electron chi connectivity index (χ4n) is 2.12. The maximum Gasteiger partial charge on any atom is 0.260 e. The monoisotopic (exact) mass is 351 g/mol. The molecule has 8 heteroatoms. The first-order chi connectivity index (χ1) is 9.78. The van der Waals surface area contributed by atoms with Crippen molar-refractivity contribution in [3.8, 4) is 5.75 Å². The molecule has 5 nitrogen and oxygen atoms in total. The molecule has 1 aliphatic rings. The van der Waals surface area contributed by atoms with Crippen molar-refractivity contribution < 1.29 is 17.9 Å². The topological polar surface area (TPSA) is 63.7 Å². The summed E-state index contributed by atoms with van der Waals surface area (Å²) in [6.45, 7) is -0.200. The van der Waals surface area contributed by atoms with Gasteiger partial charge in [0, 0.05) is 18.1 Å². The third-order valence-corrected chi connectivity index (χ3v) is 5.68. The normalized spacial score (nSPS) is 20.2. The predicted octanol–water partition coefficient (Wildman–Crippen LogP) is 2.02. The zero-order valence-corrected chi connectivity index (χ0v) is 13.7. The van der Waals surface area contributed by atoms with E-state index in [1.54, 1.807) is 19.2 Å². The van der Waals surface area contributed by atoms with E-state index in [0.29, 0.717) is 22.2 Å². The Balaban J connectivity index is 1.92. The smallest absolute Gasteiger partial charge is 0.260 e.